The maximum Gasteiger partial charge on any atom is 0.248 e. The first-order chi connectivity index (χ1) is 5.43. The highest BCUT2D eigenvalue weighted by Gasteiger charge is 2.36. The molecule has 0 aromatic heterocycles. The lowest BCUT2D eigenvalue weighted by Crippen LogP contribution is -2.34. The highest BCUT2D eigenvalue weighted by molar-refractivity contribution is 8.19. The van der Waals surface area contributed by atoms with Crippen molar-refractivity contribution in [2.45, 2.75) is 25.6 Å². The first-order valence-corrected chi connectivity index (χ1v) is 4.87. The van der Waals surface area contributed by atoms with Crippen LogP contribution in [-0.4, -0.2) is 15.0 Å². The van der Waals surface area contributed by atoms with E-state index in [1.165, 1.54) is 17.3 Å². The van der Waals surface area contributed by atoms with Gasteiger partial charge < -0.3 is 5.32 Å². The molecule has 1 N–H and O–H groups in total. The van der Waals surface area contributed by atoms with Crippen molar-refractivity contribution in [3.05, 3.63) is 11.6 Å². The molecule has 0 amide bonds. The largest absolute Gasteiger partial charge is 0.355 e. The third-order valence-corrected chi connectivity index (χ3v) is 2.87. The number of rotatable bonds is 1. The van der Waals surface area contributed by atoms with Gasteiger partial charge in [-0.15, -0.1) is 0 Å². The van der Waals surface area contributed by atoms with Gasteiger partial charge in [-0.3, -0.25) is 4.79 Å². The fourth-order valence-electron chi connectivity index (χ4n) is 1.16. The maximum absolute atomic E-state index is 11.1. The van der Waals surface area contributed by atoms with Crippen molar-refractivity contribution in [3.63, 3.8) is 0 Å². The van der Waals surface area contributed by atoms with E-state index >= 15 is 0 Å². The first-order valence-electron chi connectivity index (χ1n) is 3.64. The molecule has 2 nitrogen and oxygen atoms in total. The minimum atomic E-state index is -0.326. The van der Waals surface area contributed by atoms with Crippen molar-refractivity contribution < 1.29 is 4.79 Å². The van der Waals surface area contributed by atoms with Crippen molar-refractivity contribution in [2.24, 2.45) is 0 Å². The van der Waals surface area contributed by atoms with Crippen LogP contribution in [0.5, 0.6) is 0 Å². The molecule has 0 aromatic rings. The summed E-state index contributed by atoms with van der Waals surface area (Å²) < 4.78 is 0. The summed E-state index contributed by atoms with van der Waals surface area (Å²) in [5.74, 6) is 0. The third kappa shape index (κ3) is 2.08. The van der Waals surface area contributed by atoms with E-state index in [4.69, 9.17) is 12.2 Å². The Morgan fingerprint density at radius 3 is 2.58 bits per heavy atom. The van der Waals surface area contributed by atoms with Crippen LogP contribution in [0.4, 0.5) is 0 Å². The SMILES string of the molecule is CC(C)=C[C@]1(C)NC(=S)C(=O)S1. The van der Waals surface area contributed by atoms with E-state index in [-0.39, 0.29) is 9.99 Å². The maximum atomic E-state index is 11.1. The predicted octanol–water partition coefficient (Wildman–Crippen LogP) is 1.86. The van der Waals surface area contributed by atoms with Crippen LogP contribution >= 0.6 is 24.0 Å². The van der Waals surface area contributed by atoms with Crippen LogP contribution in [0.2, 0.25) is 0 Å². The van der Waals surface area contributed by atoms with Gasteiger partial charge in [-0.05, 0) is 32.5 Å². The molecule has 66 valence electrons. The zero-order valence-electron chi connectivity index (χ0n) is 7.30. The standard InChI is InChI=1S/C8H11NOS2/c1-5(2)4-8(3)9-6(11)7(10)12-8/h4H,1-3H3,(H,9,11)/t8-/m1/s1. The molecule has 0 bridgehead atoms. The molecule has 0 unspecified atom stereocenters. The number of allylic oxidation sites excluding steroid dienone is 1. The lowest BCUT2D eigenvalue weighted by molar-refractivity contribution is -0.105. The molecule has 0 spiro atoms. The van der Waals surface area contributed by atoms with Crippen LogP contribution < -0.4 is 5.32 Å². The van der Waals surface area contributed by atoms with Gasteiger partial charge in [0.1, 0.15) is 4.87 Å². The Labute approximate surface area is 81.8 Å². The number of carbonyl (C=O) groups is 1. The molecule has 1 aliphatic rings. The second kappa shape index (κ2) is 3.18. The minimum absolute atomic E-state index is 0.0370. The summed E-state index contributed by atoms with van der Waals surface area (Å²) in [6.45, 7) is 5.94. The molecule has 0 saturated carbocycles. The average molecular weight is 201 g/mol. The van der Waals surface area contributed by atoms with Gasteiger partial charge in [0.05, 0.1) is 0 Å². The highest BCUT2D eigenvalue weighted by Crippen LogP contribution is 2.31. The van der Waals surface area contributed by atoms with E-state index in [0.29, 0.717) is 4.99 Å². The Balaban J connectivity index is 2.84. The molecule has 1 aliphatic heterocycles. The molecule has 1 rings (SSSR count). The van der Waals surface area contributed by atoms with Gasteiger partial charge in [0.2, 0.25) is 5.12 Å². The molecule has 0 aliphatic carbocycles. The van der Waals surface area contributed by atoms with Gasteiger partial charge >= 0.3 is 0 Å². The van der Waals surface area contributed by atoms with Gasteiger partial charge in [-0.2, -0.15) is 0 Å². The Bertz CT molecular complexity index is 250. The fraction of sp³-hybridized carbons (Fsp3) is 0.500. The van der Waals surface area contributed by atoms with Gasteiger partial charge in [-0.1, -0.05) is 23.9 Å². The third-order valence-electron chi connectivity index (χ3n) is 1.42. The van der Waals surface area contributed by atoms with E-state index in [0.717, 1.165) is 0 Å². The Hall–Kier alpha value is -0.350. The molecule has 12 heavy (non-hydrogen) atoms. The van der Waals surface area contributed by atoms with E-state index in [2.05, 4.69) is 5.32 Å². The smallest absolute Gasteiger partial charge is 0.248 e. The second-order valence-electron chi connectivity index (χ2n) is 3.17. The molecular weight excluding hydrogens is 190 g/mol. The van der Waals surface area contributed by atoms with Crippen molar-refractivity contribution >= 4 is 34.1 Å². The summed E-state index contributed by atoms with van der Waals surface area (Å²) >= 11 is 6.07. The highest BCUT2D eigenvalue weighted by atomic mass is 32.2. The molecule has 1 saturated heterocycles. The van der Waals surface area contributed by atoms with Crippen LogP contribution in [0.3, 0.4) is 0 Å². The van der Waals surface area contributed by atoms with Crippen molar-refractivity contribution in [3.8, 4) is 0 Å². The first kappa shape index (κ1) is 9.74. The van der Waals surface area contributed by atoms with Crippen molar-refractivity contribution in [1.29, 1.82) is 0 Å². The summed E-state index contributed by atoms with van der Waals surface area (Å²) in [5, 5.41) is 2.94. The van der Waals surface area contributed by atoms with Crippen LogP contribution in [-0.2, 0) is 4.79 Å². The number of hydrogen-bond donors (Lipinski definition) is 1. The van der Waals surface area contributed by atoms with Crippen LogP contribution in [0.1, 0.15) is 20.8 Å². The zero-order valence-corrected chi connectivity index (χ0v) is 8.94. The van der Waals surface area contributed by atoms with Crippen molar-refractivity contribution in [1.82, 2.24) is 5.32 Å². The van der Waals surface area contributed by atoms with Gasteiger partial charge in [0, 0.05) is 0 Å². The second-order valence-corrected chi connectivity index (χ2v) is 5.00. The summed E-state index contributed by atoms with van der Waals surface area (Å²) in [5.41, 5.74) is 1.18. The van der Waals surface area contributed by atoms with Crippen molar-refractivity contribution in [2.75, 3.05) is 0 Å². The molecular formula is C8H11NOS2. The fourth-order valence-corrected chi connectivity index (χ4v) is 2.54. The Kier molecular flexibility index (Phi) is 2.58. The predicted molar refractivity (Wildman–Crippen MR) is 56.2 cm³/mol. The topological polar surface area (TPSA) is 29.1 Å². The van der Waals surface area contributed by atoms with Crippen LogP contribution in [0.15, 0.2) is 11.6 Å². The monoisotopic (exact) mass is 201 g/mol. The van der Waals surface area contributed by atoms with Crippen LogP contribution in [0, 0.1) is 0 Å². The molecule has 1 atom stereocenters. The number of nitrogens with one attached hydrogen (secondary N) is 1. The molecule has 0 radical (unpaired) electrons. The lowest BCUT2D eigenvalue weighted by Gasteiger charge is -2.17. The van der Waals surface area contributed by atoms with Gasteiger partial charge in [-0.25, -0.2) is 0 Å². The summed E-state index contributed by atoms with van der Waals surface area (Å²) in [6.07, 6.45) is 2.01. The van der Waals surface area contributed by atoms with E-state index in [1.807, 2.05) is 26.8 Å². The molecule has 1 fully saturated rings. The van der Waals surface area contributed by atoms with Crippen LogP contribution in [0.25, 0.3) is 0 Å². The summed E-state index contributed by atoms with van der Waals surface area (Å²) in [7, 11) is 0. The average Bonchev–Trinajstić information content (AvgIpc) is 2.04. The summed E-state index contributed by atoms with van der Waals surface area (Å²) in [6, 6.07) is 0. The van der Waals surface area contributed by atoms with Gasteiger partial charge in [0.25, 0.3) is 0 Å². The number of thiocarbonyl (C=S) groups is 1. The quantitative estimate of drug-likeness (QED) is 0.518. The zero-order chi connectivity index (χ0) is 9.35. The molecule has 1 heterocycles. The normalized spacial score (nSPS) is 28.6. The van der Waals surface area contributed by atoms with E-state index < -0.39 is 0 Å². The number of hydrogen-bond acceptors (Lipinski definition) is 3. The van der Waals surface area contributed by atoms with E-state index in [9.17, 15) is 4.79 Å². The molecule has 0 aromatic carbocycles. The Morgan fingerprint density at radius 2 is 2.25 bits per heavy atom. The number of thioether (sulfide) groups is 1. The lowest BCUT2D eigenvalue weighted by atomic mass is 10.2. The van der Waals surface area contributed by atoms with Gasteiger partial charge in [0.15, 0.2) is 4.99 Å². The minimum Gasteiger partial charge on any atom is -0.355 e. The van der Waals surface area contributed by atoms with E-state index in [1.54, 1.807) is 0 Å². The summed E-state index contributed by atoms with van der Waals surface area (Å²) in [4.78, 5) is 11.1. The molecule has 4 heteroatoms. The Morgan fingerprint density at radius 1 is 1.67 bits per heavy atom. The number of carbonyl (C=O) groups excluding carboxylic acids is 1.